The van der Waals surface area contributed by atoms with Gasteiger partial charge in [0.05, 0.1) is 12.5 Å². The molecule has 1 rings (SSSR count). The molecule has 8 N–H and O–H groups in total. The Morgan fingerprint density at radius 3 is 1.94 bits per heavy atom. The van der Waals surface area contributed by atoms with Crippen molar-refractivity contribution in [3.8, 4) is 0 Å². The Morgan fingerprint density at radius 2 is 1.46 bits per heavy atom. The van der Waals surface area contributed by atoms with Crippen LogP contribution in [0.1, 0.15) is 46.1 Å². The van der Waals surface area contributed by atoms with Gasteiger partial charge in [-0.3, -0.25) is 19.2 Å². The van der Waals surface area contributed by atoms with E-state index in [2.05, 4.69) is 16.0 Å². The molecule has 0 saturated carbocycles. The van der Waals surface area contributed by atoms with Crippen molar-refractivity contribution in [2.24, 2.45) is 23.3 Å². The van der Waals surface area contributed by atoms with Crippen molar-refractivity contribution in [2.75, 3.05) is 0 Å². The number of nitrogens with one attached hydrogen (secondary N) is 3. The molecule has 35 heavy (non-hydrogen) atoms. The van der Waals surface area contributed by atoms with E-state index in [4.69, 9.17) is 11.5 Å². The van der Waals surface area contributed by atoms with Crippen LogP contribution in [-0.4, -0.2) is 58.9 Å². The number of hydrogen-bond acceptors (Lipinski definition) is 6. The highest BCUT2D eigenvalue weighted by Gasteiger charge is 2.33. The summed E-state index contributed by atoms with van der Waals surface area (Å²) in [6.07, 6.45) is 0.198. The maximum Gasteiger partial charge on any atom is 0.326 e. The molecule has 0 aliphatic rings. The number of carbonyl (C=O) groups is 5. The largest absolute Gasteiger partial charge is 0.480 e. The Balaban J connectivity index is 2.95. The summed E-state index contributed by atoms with van der Waals surface area (Å²) < 4.78 is 0. The molecule has 1 aromatic rings. The number of rotatable bonds is 14. The molecule has 0 radical (unpaired) electrons. The highest BCUT2D eigenvalue weighted by atomic mass is 16.4. The quantitative estimate of drug-likeness (QED) is 0.205. The highest BCUT2D eigenvalue weighted by molar-refractivity contribution is 5.96. The fraction of sp³-hybridized carbons (Fsp3) is 0.542. The standard InChI is InChI=1S/C24H37N5O6/c1-5-14(4)20(24(34)35)29-22(32)17(12-18(26)30)27-23(33)19(13(2)3)28-21(31)16(25)11-15-9-7-6-8-10-15/h6-10,13-14,16-17,19-20H,5,11-12,25H2,1-4H3,(H2,26,30)(H,27,33)(H,28,31)(H,29,32)(H,34,35). The number of carbonyl (C=O) groups excluding carboxylic acids is 4. The molecule has 194 valence electrons. The van der Waals surface area contributed by atoms with Gasteiger partial charge >= 0.3 is 5.97 Å². The molecule has 0 saturated heterocycles. The number of carboxylic acid groups (broad SMARTS) is 1. The maximum absolute atomic E-state index is 13.0. The first kappa shape index (κ1) is 29.6. The van der Waals surface area contributed by atoms with Gasteiger partial charge in [0.1, 0.15) is 18.1 Å². The van der Waals surface area contributed by atoms with Crippen LogP contribution >= 0.6 is 0 Å². The maximum atomic E-state index is 13.0. The van der Waals surface area contributed by atoms with Crippen LogP contribution < -0.4 is 27.4 Å². The van der Waals surface area contributed by atoms with E-state index in [0.717, 1.165) is 5.56 Å². The first-order chi connectivity index (χ1) is 16.4. The third kappa shape index (κ3) is 9.73. The molecule has 0 heterocycles. The van der Waals surface area contributed by atoms with Crippen LogP contribution in [0.4, 0.5) is 0 Å². The average Bonchev–Trinajstić information content (AvgIpc) is 2.79. The number of hydrogen-bond donors (Lipinski definition) is 6. The van der Waals surface area contributed by atoms with Gasteiger partial charge in [0.15, 0.2) is 0 Å². The first-order valence-electron chi connectivity index (χ1n) is 11.6. The van der Waals surface area contributed by atoms with Crippen molar-refractivity contribution in [3.63, 3.8) is 0 Å². The monoisotopic (exact) mass is 491 g/mol. The molecule has 4 amide bonds. The van der Waals surface area contributed by atoms with E-state index in [1.807, 2.05) is 30.3 Å². The van der Waals surface area contributed by atoms with Gasteiger partial charge in [0, 0.05) is 0 Å². The summed E-state index contributed by atoms with van der Waals surface area (Å²) in [5.74, 6) is -5.02. The molecule has 0 spiro atoms. The molecule has 5 unspecified atom stereocenters. The lowest BCUT2D eigenvalue weighted by atomic mass is 9.98. The number of amides is 4. The molecule has 0 aliphatic carbocycles. The normalized spacial score (nSPS) is 15.3. The number of aliphatic carboxylic acids is 1. The van der Waals surface area contributed by atoms with E-state index in [-0.39, 0.29) is 12.3 Å². The second-order valence-electron chi connectivity index (χ2n) is 8.97. The molecule has 11 heteroatoms. The topological polar surface area (TPSA) is 194 Å². The van der Waals surface area contributed by atoms with Crippen LogP contribution in [0.25, 0.3) is 0 Å². The van der Waals surface area contributed by atoms with Crippen molar-refractivity contribution >= 4 is 29.6 Å². The highest BCUT2D eigenvalue weighted by Crippen LogP contribution is 2.10. The van der Waals surface area contributed by atoms with Crippen molar-refractivity contribution in [1.29, 1.82) is 0 Å². The minimum atomic E-state index is -1.41. The number of carboxylic acids is 1. The van der Waals surface area contributed by atoms with Crippen molar-refractivity contribution in [2.45, 2.75) is 71.1 Å². The minimum Gasteiger partial charge on any atom is -0.480 e. The van der Waals surface area contributed by atoms with Crippen LogP contribution in [0.2, 0.25) is 0 Å². The smallest absolute Gasteiger partial charge is 0.326 e. The lowest BCUT2D eigenvalue weighted by Gasteiger charge is -2.27. The van der Waals surface area contributed by atoms with Gasteiger partial charge in [-0.15, -0.1) is 0 Å². The summed E-state index contributed by atoms with van der Waals surface area (Å²) in [7, 11) is 0. The van der Waals surface area contributed by atoms with Crippen molar-refractivity contribution < 1.29 is 29.1 Å². The summed E-state index contributed by atoms with van der Waals surface area (Å²) in [6, 6.07) is 4.55. The fourth-order valence-electron chi connectivity index (χ4n) is 3.36. The summed E-state index contributed by atoms with van der Waals surface area (Å²) in [5.41, 5.74) is 12.1. The fourth-order valence-corrected chi connectivity index (χ4v) is 3.36. The zero-order chi connectivity index (χ0) is 26.7. The summed E-state index contributed by atoms with van der Waals surface area (Å²) >= 11 is 0. The Hall–Kier alpha value is -3.47. The Labute approximate surface area is 205 Å². The van der Waals surface area contributed by atoms with E-state index in [9.17, 15) is 29.1 Å². The van der Waals surface area contributed by atoms with Crippen LogP contribution in [0.3, 0.4) is 0 Å². The SMILES string of the molecule is CCC(C)C(NC(=O)C(CC(N)=O)NC(=O)C(NC(=O)C(N)Cc1ccccc1)C(C)C)C(=O)O. The number of benzene rings is 1. The molecule has 0 fully saturated rings. The predicted molar refractivity (Wildman–Crippen MR) is 130 cm³/mol. The third-order valence-electron chi connectivity index (χ3n) is 5.70. The van der Waals surface area contributed by atoms with Gasteiger partial charge in [0.2, 0.25) is 23.6 Å². The summed E-state index contributed by atoms with van der Waals surface area (Å²) in [5, 5.41) is 16.8. The Kier molecular flexibility index (Phi) is 11.9. The van der Waals surface area contributed by atoms with E-state index >= 15 is 0 Å². The van der Waals surface area contributed by atoms with Gasteiger partial charge in [0.25, 0.3) is 0 Å². The lowest BCUT2D eigenvalue weighted by Crippen LogP contribution is -2.59. The molecule has 0 aromatic heterocycles. The predicted octanol–water partition coefficient (Wildman–Crippen LogP) is -0.327. The third-order valence-corrected chi connectivity index (χ3v) is 5.70. The molecule has 0 bridgehead atoms. The zero-order valence-corrected chi connectivity index (χ0v) is 20.6. The van der Waals surface area contributed by atoms with Gasteiger partial charge < -0.3 is 32.5 Å². The van der Waals surface area contributed by atoms with E-state index in [0.29, 0.717) is 6.42 Å². The van der Waals surface area contributed by atoms with E-state index in [1.54, 1.807) is 27.7 Å². The molecule has 0 aliphatic heterocycles. The van der Waals surface area contributed by atoms with Crippen molar-refractivity contribution in [1.82, 2.24) is 16.0 Å². The molecular weight excluding hydrogens is 454 g/mol. The Bertz CT molecular complexity index is 892. The Morgan fingerprint density at radius 1 is 0.886 bits per heavy atom. The van der Waals surface area contributed by atoms with Crippen LogP contribution in [0.5, 0.6) is 0 Å². The summed E-state index contributed by atoms with van der Waals surface area (Å²) in [6.45, 7) is 6.82. The summed E-state index contributed by atoms with van der Waals surface area (Å²) in [4.78, 5) is 61.5. The minimum absolute atomic E-state index is 0.262. The van der Waals surface area contributed by atoms with Crippen LogP contribution in [0.15, 0.2) is 30.3 Å². The molecular formula is C24H37N5O6. The molecule has 11 nitrogen and oxygen atoms in total. The van der Waals surface area contributed by atoms with Gasteiger partial charge in [-0.2, -0.15) is 0 Å². The second kappa shape index (κ2) is 14.1. The molecule has 1 aromatic carbocycles. The number of nitrogens with two attached hydrogens (primary N) is 2. The van der Waals surface area contributed by atoms with E-state index in [1.165, 1.54) is 0 Å². The average molecular weight is 492 g/mol. The van der Waals surface area contributed by atoms with Gasteiger partial charge in [-0.05, 0) is 23.8 Å². The van der Waals surface area contributed by atoms with Crippen LogP contribution in [0, 0.1) is 11.8 Å². The van der Waals surface area contributed by atoms with Gasteiger partial charge in [-0.1, -0.05) is 64.4 Å². The van der Waals surface area contributed by atoms with Crippen LogP contribution in [-0.2, 0) is 30.4 Å². The second-order valence-corrected chi connectivity index (χ2v) is 8.97. The first-order valence-corrected chi connectivity index (χ1v) is 11.6. The van der Waals surface area contributed by atoms with Gasteiger partial charge in [-0.25, -0.2) is 4.79 Å². The van der Waals surface area contributed by atoms with E-state index < -0.39 is 66.1 Å². The van der Waals surface area contributed by atoms with Crippen molar-refractivity contribution in [3.05, 3.63) is 35.9 Å². The zero-order valence-electron chi connectivity index (χ0n) is 20.6. The lowest BCUT2D eigenvalue weighted by molar-refractivity contribution is -0.144. The number of primary amides is 1. The molecule has 5 atom stereocenters.